The van der Waals surface area contributed by atoms with Crippen molar-refractivity contribution in [3.63, 3.8) is 0 Å². The van der Waals surface area contributed by atoms with Crippen molar-refractivity contribution in [3.05, 3.63) is 125 Å². The smallest absolute Gasteiger partial charge is 0.332 e. The van der Waals surface area contributed by atoms with Crippen LogP contribution >= 0.6 is 11.6 Å². The van der Waals surface area contributed by atoms with E-state index in [1.54, 1.807) is 85.4 Å². The average molecular weight is 672 g/mol. The molecule has 0 amide bonds. The molecule has 2 aromatic carbocycles. The SMILES string of the molecule is CC(C(=O)Cl)c1ccc(F)cc1.CCOC(=O)/C=C(/C)NC.CN=C(C)C(C(C)=O)=C(O)C(C)c1ccc(F)cc1.c1ccncc1. The summed E-state index contributed by atoms with van der Waals surface area (Å²) in [5, 5.41) is 12.6. The zero-order valence-corrected chi connectivity index (χ0v) is 28.8. The normalized spacial score (nSPS) is 12.6. The van der Waals surface area contributed by atoms with Crippen LogP contribution in [0.3, 0.4) is 0 Å². The van der Waals surface area contributed by atoms with Crippen LogP contribution in [0.1, 0.15) is 64.5 Å². The molecule has 0 radical (unpaired) electrons. The lowest BCUT2D eigenvalue weighted by molar-refractivity contribution is -0.137. The first-order valence-electron chi connectivity index (χ1n) is 14.7. The van der Waals surface area contributed by atoms with Crippen molar-refractivity contribution in [1.29, 1.82) is 0 Å². The lowest BCUT2D eigenvalue weighted by Gasteiger charge is -2.15. The lowest BCUT2D eigenvalue weighted by Crippen LogP contribution is -2.13. The molecule has 11 heteroatoms. The van der Waals surface area contributed by atoms with Gasteiger partial charge < -0.3 is 15.2 Å². The average Bonchev–Trinajstić information content (AvgIpc) is 3.06. The Balaban J connectivity index is 0.000000649. The summed E-state index contributed by atoms with van der Waals surface area (Å²) in [5.41, 5.74) is 2.98. The number of hydrogen-bond acceptors (Lipinski definition) is 8. The van der Waals surface area contributed by atoms with Crippen LogP contribution in [0.2, 0.25) is 0 Å². The standard InChI is InChI=1S/C15H18FNO2.C9H8ClFO.C7H13NO2.C5H5N/c1-9(12-5-7-13(16)8-6-12)15(19)14(11(3)18)10(2)17-4;1-6(9(10)12)7-2-4-8(11)5-3-7;1-4-10-7(9)5-6(2)8-3;1-2-4-6-5-3-1/h5-9,19H,1-4H3;2-6H,1H3;5,8H,4H2,1-3H3;1-5H/b;;6-5-;. The number of pyridine rings is 1. The van der Waals surface area contributed by atoms with E-state index in [1.807, 2.05) is 18.2 Å². The molecule has 0 bridgehead atoms. The van der Waals surface area contributed by atoms with Crippen LogP contribution in [-0.4, -0.2) is 53.5 Å². The molecule has 254 valence electrons. The van der Waals surface area contributed by atoms with E-state index in [2.05, 4.69) is 20.0 Å². The third-order valence-corrected chi connectivity index (χ3v) is 6.71. The fourth-order valence-electron chi connectivity index (χ4n) is 3.49. The van der Waals surface area contributed by atoms with E-state index in [0.29, 0.717) is 12.3 Å². The summed E-state index contributed by atoms with van der Waals surface area (Å²) >= 11 is 5.27. The maximum atomic E-state index is 12.9. The van der Waals surface area contributed by atoms with E-state index in [4.69, 9.17) is 11.6 Å². The molecule has 47 heavy (non-hydrogen) atoms. The third-order valence-electron chi connectivity index (χ3n) is 6.38. The van der Waals surface area contributed by atoms with Crippen LogP contribution in [0, 0.1) is 11.6 Å². The summed E-state index contributed by atoms with van der Waals surface area (Å²) in [4.78, 5) is 40.7. The van der Waals surface area contributed by atoms with Crippen LogP contribution in [0.4, 0.5) is 8.78 Å². The largest absolute Gasteiger partial charge is 0.511 e. The van der Waals surface area contributed by atoms with Gasteiger partial charge in [0.05, 0.1) is 18.1 Å². The fraction of sp³-hybridized carbons (Fsp3) is 0.306. The van der Waals surface area contributed by atoms with E-state index in [9.17, 15) is 28.3 Å². The quantitative estimate of drug-likeness (QED) is 0.0781. The van der Waals surface area contributed by atoms with Gasteiger partial charge in [-0.15, -0.1) is 0 Å². The molecule has 0 saturated heterocycles. The van der Waals surface area contributed by atoms with E-state index in [0.717, 1.165) is 16.8 Å². The first kappa shape index (κ1) is 42.3. The van der Waals surface area contributed by atoms with Crippen LogP contribution < -0.4 is 5.32 Å². The molecule has 1 aromatic heterocycles. The number of ether oxygens (including phenoxy) is 1. The molecule has 2 N–H and O–H groups in total. The molecule has 8 nitrogen and oxygen atoms in total. The molecule has 1 heterocycles. The van der Waals surface area contributed by atoms with Gasteiger partial charge >= 0.3 is 5.97 Å². The number of halogens is 3. The van der Waals surface area contributed by atoms with E-state index in [-0.39, 0.29) is 40.6 Å². The van der Waals surface area contributed by atoms with Gasteiger partial charge in [0, 0.05) is 49.9 Å². The van der Waals surface area contributed by atoms with Gasteiger partial charge in [-0.2, -0.15) is 0 Å². The molecule has 0 spiro atoms. The van der Waals surface area contributed by atoms with Crippen molar-refractivity contribution in [2.24, 2.45) is 4.99 Å². The van der Waals surface area contributed by atoms with Crippen molar-refractivity contribution in [1.82, 2.24) is 10.3 Å². The molecule has 2 atom stereocenters. The number of carbonyl (C=O) groups excluding carboxylic acids is 3. The zero-order chi connectivity index (χ0) is 35.9. The van der Waals surface area contributed by atoms with Crippen molar-refractivity contribution < 1.29 is 33.0 Å². The number of aliphatic hydroxyl groups is 1. The van der Waals surface area contributed by atoms with Crippen LogP contribution in [-0.2, 0) is 19.1 Å². The number of aliphatic hydroxyl groups excluding tert-OH is 1. The lowest BCUT2D eigenvalue weighted by atomic mass is 9.93. The number of Topliss-reactive ketones (excluding diaryl/α,β-unsaturated/α-hetero) is 1. The van der Waals surface area contributed by atoms with Gasteiger partial charge in [0.15, 0.2) is 5.78 Å². The molecule has 2 unspecified atom stereocenters. The third kappa shape index (κ3) is 17.5. The van der Waals surface area contributed by atoms with Crippen molar-refractivity contribution in [2.45, 2.75) is 53.4 Å². The second-order valence-corrected chi connectivity index (χ2v) is 10.2. The second-order valence-electron chi connectivity index (χ2n) is 9.83. The van der Waals surface area contributed by atoms with Gasteiger partial charge in [-0.3, -0.25) is 19.6 Å². The van der Waals surface area contributed by atoms with Gasteiger partial charge in [0.1, 0.15) is 17.4 Å². The van der Waals surface area contributed by atoms with Gasteiger partial charge in [0.2, 0.25) is 5.24 Å². The second kappa shape index (κ2) is 23.6. The van der Waals surface area contributed by atoms with E-state index < -0.39 is 11.2 Å². The highest BCUT2D eigenvalue weighted by molar-refractivity contribution is 6.64. The Kier molecular flexibility index (Phi) is 21.2. The predicted octanol–water partition coefficient (Wildman–Crippen LogP) is 7.87. The minimum Gasteiger partial charge on any atom is -0.511 e. The molecule has 0 aliphatic rings. The molecule has 0 aliphatic heterocycles. The monoisotopic (exact) mass is 671 g/mol. The van der Waals surface area contributed by atoms with Gasteiger partial charge in [-0.1, -0.05) is 44.2 Å². The Morgan fingerprint density at radius 3 is 1.70 bits per heavy atom. The van der Waals surface area contributed by atoms with Crippen LogP contribution in [0.25, 0.3) is 0 Å². The Labute approximate surface area is 281 Å². The number of rotatable bonds is 9. The zero-order valence-electron chi connectivity index (χ0n) is 28.1. The number of allylic oxidation sites excluding steroid dienone is 3. The Bertz CT molecular complexity index is 1450. The Morgan fingerprint density at radius 2 is 1.38 bits per heavy atom. The summed E-state index contributed by atoms with van der Waals surface area (Å²) in [6.45, 7) is 10.5. The molecular formula is C36H44ClF2N3O5. The number of carbonyl (C=O) groups is 3. The maximum absolute atomic E-state index is 12.9. The fourth-order valence-corrected chi connectivity index (χ4v) is 3.61. The summed E-state index contributed by atoms with van der Waals surface area (Å²) in [7, 11) is 3.32. The van der Waals surface area contributed by atoms with Gasteiger partial charge in [-0.05, 0) is 86.8 Å². The summed E-state index contributed by atoms with van der Waals surface area (Å²) in [5.74, 6) is -1.99. The van der Waals surface area contributed by atoms with Gasteiger partial charge in [0.25, 0.3) is 0 Å². The number of nitrogens with one attached hydrogen (secondary N) is 1. The van der Waals surface area contributed by atoms with Crippen molar-refractivity contribution in [3.8, 4) is 0 Å². The molecular weight excluding hydrogens is 628 g/mol. The van der Waals surface area contributed by atoms with Crippen molar-refractivity contribution >= 4 is 34.3 Å². The Hall–Kier alpha value is -4.70. The molecule has 3 rings (SSSR count). The predicted molar refractivity (Wildman–Crippen MR) is 184 cm³/mol. The summed E-state index contributed by atoms with van der Waals surface area (Å²) in [6, 6.07) is 17.3. The molecule has 0 aliphatic carbocycles. The first-order valence-corrected chi connectivity index (χ1v) is 15.0. The van der Waals surface area contributed by atoms with Crippen molar-refractivity contribution in [2.75, 3.05) is 20.7 Å². The summed E-state index contributed by atoms with van der Waals surface area (Å²) in [6.07, 6.45) is 4.92. The molecule has 0 saturated carbocycles. The molecule has 0 fully saturated rings. The number of hydrogen-bond donors (Lipinski definition) is 2. The van der Waals surface area contributed by atoms with Gasteiger partial charge in [-0.25, -0.2) is 13.6 Å². The Morgan fingerprint density at radius 1 is 0.915 bits per heavy atom. The number of nitrogens with zero attached hydrogens (tertiary/aromatic N) is 2. The summed E-state index contributed by atoms with van der Waals surface area (Å²) < 4.78 is 30.0. The minimum absolute atomic E-state index is 0.0396. The van der Waals surface area contributed by atoms with Crippen LogP contribution in [0.15, 0.2) is 107 Å². The highest BCUT2D eigenvalue weighted by Crippen LogP contribution is 2.25. The minimum atomic E-state index is -0.429. The maximum Gasteiger partial charge on any atom is 0.332 e. The number of esters is 1. The highest BCUT2D eigenvalue weighted by Gasteiger charge is 2.20. The number of aliphatic imine (C=N–C) groups is 1. The molecule has 3 aromatic rings. The van der Waals surface area contributed by atoms with E-state index >= 15 is 0 Å². The number of benzene rings is 2. The highest BCUT2D eigenvalue weighted by atomic mass is 35.5. The topological polar surface area (TPSA) is 118 Å². The first-order chi connectivity index (χ1) is 22.2. The van der Waals surface area contributed by atoms with Crippen LogP contribution in [0.5, 0.6) is 0 Å². The number of ketones is 1. The van der Waals surface area contributed by atoms with E-state index in [1.165, 1.54) is 37.3 Å². The number of aromatic nitrogens is 1.